The minimum atomic E-state index is -0.219. The second-order valence-corrected chi connectivity index (χ2v) is 4.69. The van der Waals surface area contributed by atoms with Gasteiger partial charge in [0.2, 0.25) is 0 Å². The molecule has 0 unspecified atom stereocenters. The minimum absolute atomic E-state index is 0.219. The van der Waals surface area contributed by atoms with Crippen molar-refractivity contribution in [3.63, 3.8) is 0 Å². The average Bonchev–Trinajstić information content (AvgIpc) is 2.54. The van der Waals surface area contributed by atoms with E-state index in [1.54, 1.807) is 12.4 Å². The SMILES string of the molecule is O=C(NCc1ccncc1)Nc1cccc2ccccc12. The molecular weight excluding hydrogens is 262 g/mol. The summed E-state index contributed by atoms with van der Waals surface area (Å²) in [4.78, 5) is 15.9. The van der Waals surface area contributed by atoms with Crippen LogP contribution in [0.25, 0.3) is 10.8 Å². The van der Waals surface area contributed by atoms with Crippen molar-refractivity contribution in [3.8, 4) is 0 Å². The van der Waals surface area contributed by atoms with Crippen LogP contribution in [0.5, 0.6) is 0 Å². The van der Waals surface area contributed by atoms with Crippen LogP contribution in [0.4, 0.5) is 10.5 Å². The highest BCUT2D eigenvalue weighted by Crippen LogP contribution is 2.22. The summed E-state index contributed by atoms with van der Waals surface area (Å²) in [6.45, 7) is 0.471. The van der Waals surface area contributed by atoms with Crippen molar-refractivity contribution in [1.29, 1.82) is 0 Å². The number of carbonyl (C=O) groups excluding carboxylic acids is 1. The van der Waals surface area contributed by atoms with E-state index in [9.17, 15) is 4.79 Å². The molecule has 0 aliphatic carbocycles. The summed E-state index contributed by atoms with van der Waals surface area (Å²) in [7, 11) is 0. The van der Waals surface area contributed by atoms with Gasteiger partial charge < -0.3 is 10.6 Å². The Morgan fingerprint density at radius 2 is 1.71 bits per heavy atom. The quantitative estimate of drug-likeness (QED) is 0.769. The third-order valence-corrected chi connectivity index (χ3v) is 3.24. The largest absolute Gasteiger partial charge is 0.334 e. The van der Waals surface area contributed by atoms with E-state index < -0.39 is 0 Å². The Kier molecular flexibility index (Phi) is 3.78. The molecule has 3 aromatic rings. The molecule has 2 aromatic carbocycles. The van der Waals surface area contributed by atoms with Crippen molar-refractivity contribution in [2.45, 2.75) is 6.54 Å². The van der Waals surface area contributed by atoms with Gasteiger partial charge in [0.1, 0.15) is 0 Å². The monoisotopic (exact) mass is 277 g/mol. The van der Waals surface area contributed by atoms with Crippen LogP contribution < -0.4 is 10.6 Å². The highest BCUT2D eigenvalue weighted by Gasteiger charge is 2.04. The Morgan fingerprint density at radius 1 is 0.952 bits per heavy atom. The maximum Gasteiger partial charge on any atom is 0.319 e. The summed E-state index contributed by atoms with van der Waals surface area (Å²) < 4.78 is 0. The third kappa shape index (κ3) is 3.17. The van der Waals surface area contributed by atoms with Gasteiger partial charge in [-0.2, -0.15) is 0 Å². The molecule has 0 radical (unpaired) electrons. The Balaban J connectivity index is 1.69. The van der Waals surface area contributed by atoms with Gasteiger partial charge in [0.25, 0.3) is 0 Å². The Hall–Kier alpha value is -2.88. The van der Waals surface area contributed by atoms with Gasteiger partial charge in [-0.05, 0) is 29.1 Å². The van der Waals surface area contributed by atoms with Crippen molar-refractivity contribution in [2.24, 2.45) is 0 Å². The smallest absolute Gasteiger partial charge is 0.319 e. The number of anilines is 1. The molecule has 3 rings (SSSR count). The number of amides is 2. The fourth-order valence-electron chi connectivity index (χ4n) is 2.18. The molecule has 0 aliphatic rings. The summed E-state index contributed by atoms with van der Waals surface area (Å²) in [5.74, 6) is 0. The highest BCUT2D eigenvalue weighted by molar-refractivity contribution is 6.01. The molecule has 1 heterocycles. The zero-order valence-electron chi connectivity index (χ0n) is 11.4. The molecule has 0 saturated heterocycles. The number of aromatic nitrogens is 1. The third-order valence-electron chi connectivity index (χ3n) is 3.24. The number of nitrogens with one attached hydrogen (secondary N) is 2. The van der Waals surface area contributed by atoms with E-state index >= 15 is 0 Å². The van der Waals surface area contributed by atoms with E-state index in [0.29, 0.717) is 6.54 Å². The standard InChI is InChI=1S/C17H15N3O/c21-17(19-12-13-8-10-18-11-9-13)20-16-7-3-5-14-4-1-2-6-15(14)16/h1-11H,12H2,(H2,19,20,21). The molecule has 0 atom stereocenters. The van der Waals surface area contributed by atoms with E-state index in [0.717, 1.165) is 22.0 Å². The first kappa shape index (κ1) is 13.1. The number of benzene rings is 2. The van der Waals surface area contributed by atoms with E-state index in [1.165, 1.54) is 0 Å². The van der Waals surface area contributed by atoms with E-state index in [1.807, 2.05) is 54.6 Å². The molecule has 2 N–H and O–H groups in total. The number of nitrogens with zero attached hydrogens (tertiary/aromatic N) is 1. The fraction of sp³-hybridized carbons (Fsp3) is 0.0588. The average molecular weight is 277 g/mol. The summed E-state index contributed by atoms with van der Waals surface area (Å²) in [5.41, 5.74) is 1.82. The predicted molar refractivity (Wildman–Crippen MR) is 84.0 cm³/mol. The van der Waals surface area contributed by atoms with Crippen LogP contribution in [0.3, 0.4) is 0 Å². The lowest BCUT2D eigenvalue weighted by Crippen LogP contribution is -2.28. The zero-order chi connectivity index (χ0) is 14.5. The normalized spacial score (nSPS) is 10.3. The molecule has 0 aliphatic heterocycles. The molecular formula is C17H15N3O. The van der Waals surface area contributed by atoms with Crippen molar-refractivity contribution in [1.82, 2.24) is 10.3 Å². The van der Waals surface area contributed by atoms with Crippen LogP contribution in [0.15, 0.2) is 67.0 Å². The first-order chi connectivity index (χ1) is 10.3. The van der Waals surface area contributed by atoms with Crippen molar-refractivity contribution in [3.05, 3.63) is 72.6 Å². The van der Waals surface area contributed by atoms with Gasteiger partial charge in [-0.1, -0.05) is 36.4 Å². The van der Waals surface area contributed by atoms with Gasteiger partial charge >= 0.3 is 6.03 Å². The molecule has 2 amide bonds. The molecule has 0 fully saturated rings. The van der Waals surface area contributed by atoms with Crippen molar-refractivity contribution >= 4 is 22.5 Å². The van der Waals surface area contributed by atoms with E-state index in [2.05, 4.69) is 15.6 Å². The number of rotatable bonds is 3. The summed E-state index contributed by atoms with van der Waals surface area (Å²) in [6, 6.07) is 17.3. The molecule has 104 valence electrons. The maximum atomic E-state index is 12.0. The number of pyridine rings is 1. The summed E-state index contributed by atoms with van der Waals surface area (Å²) >= 11 is 0. The molecule has 4 nitrogen and oxygen atoms in total. The van der Waals surface area contributed by atoms with Crippen molar-refractivity contribution < 1.29 is 4.79 Å². The second kappa shape index (κ2) is 6.05. The number of hydrogen-bond donors (Lipinski definition) is 2. The summed E-state index contributed by atoms with van der Waals surface area (Å²) in [6.07, 6.45) is 3.42. The first-order valence-corrected chi connectivity index (χ1v) is 6.74. The molecule has 4 heteroatoms. The minimum Gasteiger partial charge on any atom is -0.334 e. The zero-order valence-corrected chi connectivity index (χ0v) is 11.4. The first-order valence-electron chi connectivity index (χ1n) is 6.74. The van der Waals surface area contributed by atoms with Gasteiger partial charge in [0, 0.05) is 24.3 Å². The van der Waals surface area contributed by atoms with E-state index in [4.69, 9.17) is 0 Å². The Labute approximate surface area is 122 Å². The predicted octanol–water partition coefficient (Wildman–Crippen LogP) is 3.56. The molecule has 1 aromatic heterocycles. The van der Waals surface area contributed by atoms with Gasteiger partial charge in [0.05, 0.1) is 5.69 Å². The van der Waals surface area contributed by atoms with Crippen molar-refractivity contribution in [2.75, 3.05) is 5.32 Å². The second-order valence-electron chi connectivity index (χ2n) is 4.69. The highest BCUT2D eigenvalue weighted by atomic mass is 16.2. The Bertz CT molecular complexity index is 751. The molecule has 0 saturated carbocycles. The lowest BCUT2D eigenvalue weighted by molar-refractivity contribution is 0.252. The lowest BCUT2D eigenvalue weighted by atomic mass is 10.1. The number of hydrogen-bond acceptors (Lipinski definition) is 2. The topological polar surface area (TPSA) is 54.0 Å². The van der Waals surface area contributed by atoms with Gasteiger partial charge in [0.15, 0.2) is 0 Å². The summed E-state index contributed by atoms with van der Waals surface area (Å²) in [5, 5.41) is 7.85. The fourth-order valence-corrected chi connectivity index (χ4v) is 2.18. The van der Waals surface area contributed by atoms with Crippen LogP contribution in [-0.4, -0.2) is 11.0 Å². The number of fused-ring (bicyclic) bond motifs is 1. The number of urea groups is 1. The lowest BCUT2D eigenvalue weighted by Gasteiger charge is -2.10. The van der Waals surface area contributed by atoms with E-state index in [-0.39, 0.29) is 6.03 Å². The molecule has 0 bridgehead atoms. The van der Waals surface area contributed by atoms with Gasteiger partial charge in [-0.3, -0.25) is 4.98 Å². The molecule has 21 heavy (non-hydrogen) atoms. The van der Waals surface area contributed by atoms with Crippen LogP contribution in [0.2, 0.25) is 0 Å². The van der Waals surface area contributed by atoms with Gasteiger partial charge in [-0.15, -0.1) is 0 Å². The van der Waals surface area contributed by atoms with Crippen LogP contribution in [0.1, 0.15) is 5.56 Å². The molecule has 0 spiro atoms. The van der Waals surface area contributed by atoms with Crippen LogP contribution in [-0.2, 0) is 6.54 Å². The Morgan fingerprint density at radius 3 is 2.57 bits per heavy atom. The van der Waals surface area contributed by atoms with Crippen LogP contribution in [0, 0.1) is 0 Å². The number of carbonyl (C=O) groups is 1. The van der Waals surface area contributed by atoms with Crippen LogP contribution >= 0.6 is 0 Å². The van der Waals surface area contributed by atoms with Gasteiger partial charge in [-0.25, -0.2) is 4.79 Å². The maximum absolute atomic E-state index is 12.0.